The molecule has 0 N–H and O–H groups in total. The first-order valence-corrected chi connectivity index (χ1v) is 10.9. The molecular formula is C21H27N3O3S. The number of nitrogens with zero attached hydrogens (tertiary/aromatic N) is 3. The number of aryl methyl sites for hydroxylation is 1. The fourth-order valence-electron chi connectivity index (χ4n) is 4.13. The molecule has 6 nitrogen and oxygen atoms in total. The Morgan fingerprint density at radius 3 is 2.64 bits per heavy atom. The third-order valence-electron chi connectivity index (χ3n) is 5.92. The quantitative estimate of drug-likeness (QED) is 0.735. The highest BCUT2D eigenvalue weighted by molar-refractivity contribution is 8.15. The predicted molar refractivity (Wildman–Crippen MR) is 111 cm³/mol. The number of ether oxygens (including phenoxy) is 1. The number of thioether (sulfide) groups is 1. The van der Waals surface area contributed by atoms with Crippen LogP contribution in [-0.4, -0.2) is 65.3 Å². The molecule has 0 spiro atoms. The van der Waals surface area contributed by atoms with Crippen molar-refractivity contribution in [2.75, 3.05) is 33.3 Å². The maximum atomic E-state index is 12.7. The van der Waals surface area contributed by atoms with Gasteiger partial charge < -0.3 is 9.64 Å². The minimum Gasteiger partial charge on any atom is -0.497 e. The molecule has 3 heterocycles. The lowest BCUT2D eigenvalue weighted by Crippen LogP contribution is -2.41. The summed E-state index contributed by atoms with van der Waals surface area (Å²) in [5.41, 5.74) is 1.33. The summed E-state index contributed by atoms with van der Waals surface area (Å²) in [7, 11) is 1.68. The Balaban J connectivity index is 1.20. The molecule has 7 heteroatoms. The second kappa shape index (κ2) is 8.55. The molecule has 1 unspecified atom stereocenters. The normalized spacial score (nSPS) is 22.4. The summed E-state index contributed by atoms with van der Waals surface area (Å²) >= 11 is 1.46. The van der Waals surface area contributed by atoms with E-state index >= 15 is 0 Å². The highest BCUT2D eigenvalue weighted by Crippen LogP contribution is 2.32. The van der Waals surface area contributed by atoms with Gasteiger partial charge in [0.25, 0.3) is 0 Å². The van der Waals surface area contributed by atoms with Gasteiger partial charge in [0, 0.05) is 26.1 Å². The van der Waals surface area contributed by atoms with Crippen LogP contribution in [-0.2, 0) is 16.0 Å². The number of amides is 2. The van der Waals surface area contributed by atoms with Crippen molar-refractivity contribution in [2.45, 2.75) is 37.4 Å². The molecule has 0 saturated carbocycles. The largest absolute Gasteiger partial charge is 0.497 e. The van der Waals surface area contributed by atoms with E-state index in [1.807, 2.05) is 17.0 Å². The zero-order valence-electron chi connectivity index (χ0n) is 16.3. The number of rotatable bonds is 6. The molecule has 0 aromatic heterocycles. The number of methoxy groups -OCH3 is 1. The second-order valence-electron chi connectivity index (χ2n) is 7.68. The molecule has 0 radical (unpaired) electrons. The van der Waals surface area contributed by atoms with Crippen LogP contribution < -0.4 is 4.74 Å². The SMILES string of the molecule is COc1ccc(CCC2CCN(C(=O)CC3SC4=NCCN4C3=O)CC2)cc1. The molecule has 4 rings (SSSR count). The lowest BCUT2D eigenvalue weighted by molar-refractivity contribution is -0.135. The number of carbonyl (C=O) groups excluding carboxylic acids is 2. The predicted octanol–water partition coefficient (Wildman–Crippen LogP) is 2.57. The first-order valence-electron chi connectivity index (χ1n) is 10.1. The van der Waals surface area contributed by atoms with E-state index in [-0.39, 0.29) is 17.1 Å². The number of benzene rings is 1. The van der Waals surface area contributed by atoms with Crippen LogP contribution in [0.2, 0.25) is 0 Å². The molecular weight excluding hydrogens is 374 g/mol. The average molecular weight is 402 g/mol. The minimum atomic E-state index is -0.278. The maximum Gasteiger partial charge on any atom is 0.242 e. The second-order valence-corrected chi connectivity index (χ2v) is 8.85. The first kappa shape index (κ1) is 19.3. The highest BCUT2D eigenvalue weighted by atomic mass is 32.2. The van der Waals surface area contributed by atoms with Gasteiger partial charge in [0.2, 0.25) is 11.8 Å². The lowest BCUT2D eigenvalue weighted by atomic mass is 9.90. The summed E-state index contributed by atoms with van der Waals surface area (Å²) in [6, 6.07) is 8.28. The molecule has 2 saturated heterocycles. The van der Waals surface area contributed by atoms with Crippen LogP contribution >= 0.6 is 11.8 Å². The van der Waals surface area contributed by atoms with Gasteiger partial charge in [-0.25, -0.2) is 0 Å². The molecule has 1 atom stereocenters. The van der Waals surface area contributed by atoms with Gasteiger partial charge in [-0.15, -0.1) is 0 Å². The molecule has 1 aromatic rings. The number of likely N-dealkylation sites (tertiary alicyclic amines) is 1. The third kappa shape index (κ3) is 4.19. The summed E-state index contributed by atoms with van der Waals surface area (Å²) in [4.78, 5) is 33.0. The standard InChI is InChI=1S/C21H27N3O3S/c1-27-17-6-4-15(5-7-17)2-3-16-8-11-23(12-9-16)19(25)14-18-20(26)24-13-10-22-21(24)28-18/h4-7,16,18H,2-3,8-14H2,1H3. The van der Waals surface area contributed by atoms with Crippen LogP contribution in [0.3, 0.4) is 0 Å². The van der Waals surface area contributed by atoms with Gasteiger partial charge in [-0.3, -0.25) is 19.5 Å². The van der Waals surface area contributed by atoms with Crippen molar-refractivity contribution in [3.8, 4) is 5.75 Å². The molecule has 28 heavy (non-hydrogen) atoms. The van der Waals surface area contributed by atoms with E-state index in [1.165, 1.54) is 17.3 Å². The van der Waals surface area contributed by atoms with Gasteiger partial charge in [-0.05, 0) is 49.3 Å². The number of piperidine rings is 1. The van der Waals surface area contributed by atoms with Crippen molar-refractivity contribution >= 4 is 28.7 Å². The Hall–Kier alpha value is -2.02. The smallest absolute Gasteiger partial charge is 0.242 e. The van der Waals surface area contributed by atoms with E-state index in [0.717, 1.165) is 49.7 Å². The molecule has 1 aromatic carbocycles. The number of hydrogen-bond donors (Lipinski definition) is 0. The van der Waals surface area contributed by atoms with Crippen molar-refractivity contribution < 1.29 is 14.3 Å². The number of hydrogen-bond acceptors (Lipinski definition) is 5. The molecule has 0 aliphatic carbocycles. The summed E-state index contributed by atoms with van der Waals surface area (Å²) in [6.07, 6.45) is 4.61. The van der Waals surface area contributed by atoms with Crippen molar-refractivity contribution in [1.29, 1.82) is 0 Å². The number of fused-ring (bicyclic) bond motifs is 1. The van der Waals surface area contributed by atoms with Crippen LogP contribution in [0.25, 0.3) is 0 Å². The van der Waals surface area contributed by atoms with Crippen LogP contribution in [0.5, 0.6) is 5.75 Å². The van der Waals surface area contributed by atoms with Gasteiger partial charge in [0.05, 0.1) is 13.7 Å². The summed E-state index contributed by atoms with van der Waals surface area (Å²) < 4.78 is 5.20. The molecule has 2 amide bonds. The zero-order chi connectivity index (χ0) is 19.5. The Labute approximate surface area is 170 Å². The fraction of sp³-hybridized carbons (Fsp3) is 0.571. The van der Waals surface area contributed by atoms with Gasteiger partial charge >= 0.3 is 0 Å². The molecule has 2 fully saturated rings. The van der Waals surface area contributed by atoms with Crippen molar-refractivity contribution in [3.63, 3.8) is 0 Å². The van der Waals surface area contributed by atoms with E-state index in [4.69, 9.17) is 4.74 Å². The zero-order valence-corrected chi connectivity index (χ0v) is 17.1. The van der Waals surface area contributed by atoms with Gasteiger partial charge in [-0.2, -0.15) is 0 Å². The Kier molecular flexibility index (Phi) is 5.90. The number of aliphatic imine (C=N–C) groups is 1. The van der Waals surface area contributed by atoms with Crippen LogP contribution in [0, 0.1) is 5.92 Å². The van der Waals surface area contributed by atoms with Crippen molar-refractivity contribution in [1.82, 2.24) is 9.80 Å². The third-order valence-corrected chi connectivity index (χ3v) is 7.13. The van der Waals surface area contributed by atoms with Crippen LogP contribution in [0.15, 0.2) is 29.3 Å². The monoisotopic (exact) mass is 401 g/mol. The van der Waals surface area contributed by atoms with Crippen molar-refractivity contribution in [3.05, 3.63) is 29.8 Å². The topological polar surface area (TPSA) is 62.2 Å². The molecule has 3 aliphatic heterocycles. The Bertz CT molecular complexity index is 757. The highest BCUT2D eigenvalue weighted by Gasteiger charge is 2.41. The molecule has 150 valence electrons. The van der Waals surface area contributed by atoms with E-state index in [0.29, 0.717) is 25.4 Å². The number of carbonyl (C=O) groups is 2. The van der Waals surface area contributed by atoms with Gasteiger partial charge in [-0.1, -0.05) is 23.9 Å². The summed E-state index contributed by atoms with van der Waals surface area (Å²) in [6.45, 7) is 2.98. The lowest BCUT2D eigenvalue weighted by Gasteiger charge is -2.32. The van der Waals surface area contributed by atoms with Crippen molar-refractivity contribution in [2.24, 2.45) is 10.9 Å². The first-order chi connectivity index (χ1) is 13.6. The Morgan fingerprint density at radius 2 is 1.96 bits per heavy atom. The molecule has 0 bridgehead atoms. The fourth-order valence-corrected chi connectivity index (χ4v) is 5.32. The van der Waals surface area contributed by atoms with Crippen LogP contribution in [0.4, 0.5) is 0 Å². The van der Waals surface area contributed by atoms with Crippen LogP contribution in [0.1, 0.15) is 31.2 Å². The molecule has 3 aliphatic rings. The van der Waals surface area contributed by atoms with E-state index in [2.05, 4.69) is 17.1 Å². The maximum absolute atomic E-state index is 12.7. The van der Waals surface area contributed by atoms with Gasteiger partial charge in [0.1, 0.15) is 11.0 Å². The van der Waals surface area contributed by atoms with E-state index in [1.54, 1.807) is 12.0 Å². The average Bonchev–Trinajstić information content (AvgIpc) is 3.30. The minimum absolute atomic E-state index is 0.0592. The summed E-state index contributed by atoms with van der Waals surface area (Å²) in [5.74, 6) is 1.72. The van der Waals surface area contributed by atoms with E-state index in [9.17, 15) is 9.59 Å². The number of amidine groups is 1. The Morgan fingerprint density at radius 1 is 1.21 bits per heavy atom. The van der Waals surface area contributed by atoms with E-state index < -0.39 is 0 Å². The van der Waals surface area contributed by atoms with Gasteiger partial charge in [0.15, 0.2) is 5.17 Å². The summed E-state index contributed by atoms with van der Waals surface area (Å²) in [5, 5.41) is 0.527.